The van der Waals surface area contributed by atoms with Crippen molar-refractivity contribution in [3.8, 4) is 11.4 Å². The summed E-state index contributed by atoms with van der Waals surface area (Å²) >= 11 is 18.8. The van der Waals surface area contributed by atoms with Crippen molar-refractivity contribution in [2.75, 3.05) is 44.2 Å². The Morgan fingerprint density at radius 1 is 0.812 bits per heavy atom. The van der Waals surface area contributed by atoms with Gasteiger partial charge >= 0.3 is 0 Å². The van der Waals surface area contributed by atoms with E-state index in [0.29, 0.717) is 52.1 Å². The van der Waals surface area contributed by atoms with Crippen molar-refractivity contribution in [1.82, 2.24) is 24.3 Å². The van der Waals surface area contributed by atoms with Gasteiger partial charge in [0.05, 0.1) is 5.02 Å². The summed E-state index contributed by atoms with van der Waals surface area (Å²) in [5.41, 5.74) is 2.19. The Balaban J connectivity index is 1.01. The van der Waals surface area contributed by atoms with Crippen LogP contribution in [-0.4, -0.2) is 87.3 Å². The van der Waals surface area contributed by atoms with Gasteiger partial charge in [-0.3, -0.25) is 14.5 Å². The van der Waals surface area contributed by atoms with Crippen LogP contribution in [0.25, 0.3) is 11.4 Å². The van der Waals surface area contributed by atoms with Crippen molar-refractivity contribution in [3.05, 3.63) is 99.4 Å². The van der Waals surface area contributed by atoms with Crippen molar-refractivity contribution < 1.29 is 9.59 Å². The molecule has 252 valence electrons. The molecule has 0 N–H and O–H groups in total. The van der Waals surface area contributed by atoms with Crippen LogP contribution in [0.4, 0.5) is 5.82 Å². The van der Waals surface area contributed by atoms with Crippen molar-refractivity contribution in [3.63, 3.8) is 0 Å². The van der Waals surface area contributed by atoms with Gasteiger partial charge in [-0.05, 0) is 86.9 Å². The van der Waals surface area contributed by atoms with E-state index in [-0.39, 0.29) is 11.6 Å². The SMILES string of the molecule is CC[C@H]1CN(c2ncc(-c3nccn3CCC(=O)c3ccc(Cl)cc3)cc2Cl)CCN1C1CCN(CCC(=O)c2ccc(Cl)cc2)CC1. The summed E-state index contributed by atoms with van der Waals surface area (Å²) in [6.45, 7) is 8.26. The summed E-state index contributed by atoms with van der Waals surface area (Å²) in [5, 5.41) is 1.86. The Kier molecular flexibility index (Phi) is 11.5. The molecule has 4 heterocycles. The number of rotatable bonds is 12. The number of Topliss-reactive ketones (excluding diaryl/α,β-unsaturated/α-hetero) is 2. The first-order chi connectivity index (χ1) is 23.3. The average molecular weight is 708 g/mol. The number of anilines is 1. The van der Waals surface area contributed by atoms with Crippen molar-refractivity contribution in [2.45, 2.75) is 57.7 Å². The van der Waals surface area contributed by atoms with E-state index >= 15 is 0 Å². The van der Waals surface area contributed by atoms with E-state index in [1.54, 1.807) is 42.6 Å². The Hall–Kier alpha value is -3.27. The fourth-order valence-corrected chi connectivity index (χ4v) is 7.50. The van der Waals surface area contributed by atoms with Crippen LogP contribution >= 0.6 is 34.8 Å². The number of nitrogens with zero attached hydrogens (tertiary/aromatic N) is 6. The van der Waals surface area contributed by atoms with E-state index in [9.17, 15) is 9.59 Å². The van der Waals surface area contributed by atoms with Crippen molar-refractivity contribution in [2.24, 2.45) is 0 Å². The summed E-state index contributed by atoms with van der Waals surface area (Å²) in [6, 6.07) is 17.0. The minimum Gasteiger partial charge on any atom is -0.353 e. The van der Waals surface area contributed by atoms with E-state index < -0.39 is 0 Å². The molecule has 2 fully saturated rings. The maximum atomic E-state index is 12.7. The van der Waals surface area contributed by atoms with Gasteiger partial charge in [-0.2, -0.15) is 0 Å². The average Bonchev–Trinajstić information content (AvgIpc) is 3.59. The zero-order chi connectivity index (χ0) is 33.6. The quantitative estimate of drug-likeness (QED) is 0.139. The number of aryl methyl sites for hydroxylation is 1. The highest BCUT2D eigenvalue weighted by molar-refractivity contribution is 6.33. The van der Waals surface area contributed by atoms with Gasteiger partial charge in [0.25, 0.3) is 0 Å². The predicted molar refractivity (Wildman–Crippen MR) is 194 cm³/mol. The number of halogens is 3. The molecule has 2 aliphatic heterocycles. The molecule has 2 saturated heterocycles. The van der Waals surface area contributed by atoms with Crippen LogP contribution in [-0.2, 0) is 6.54 Å². The summed E-state index contributed by atoms with van der Waals surface area (Å²) < 4.78 is 1.97. The normalized spacial score (nSPS) is 17.9. The molecular formula is C37H41Cl3N6O2. The first-order valence-corrected chi connectivity index (χ1v) is 17.9. The highest BCUT2D eigenvalue weighted by Crippen LogP contribution is 2.32. The second-order valence-electron chi connectivity index (χ2n) is 12.7. The third-order valence-electron chi connectivity index (χ3n) is 9.69. The van der Waals surface area contributed by atoms with Gasteiger partial charge in [-0.25, -0.2) is 9.97 Å². The summed E-state index contributed by atoms with van der Waals surface area (Å²) in [7, 11) is 0. The van der Waals surface area contributed by atoms with Gasteiger partial charge in [0, 0.05) is 103 Å². The molecule has 0 unspecified atom stereocenters. The summed E-state index contributed by atoms with van der Waals surface area (Å²) in [5.74, 6) is 1.75. The third kappa shape index (κ3) is 8.29. The second kappa shape index (κ2) is 16.0. The molecule has 6 rings (SSSR count). The van der Waals surface area contributed by atoms with Crippen LogP contribution in [0.2, 0.25) is 15.1 Å². The lowest BCUT2D eigenvalue weighted by Gasteiger charge is -2.47. The molecule has 2 aliphatic rings. The molecule has 8 nitrogen and oxygen atoms in total. The number of pyridine rings is 1. The fourth-order valence-electron chi connectivity index (χ4n) is 6.96. The largest absolute Gasteiger partial charge is 0.353 e. The predicted octanol–water partition coefficient (Wildman–Crippen LogP) is 7.82. The van der Waals surface area contributed by atoms with Gasteiger partial charge in [0.15, 0.2) is 11.6 Å². The van der Waals surface area contributed by atoms with E-state index in [1.165, 1.54) is 0 Å². The summed E-state index contributed by atoms with van der Waals surface area (Å²) in [4.78, 5) is 42.2. The Labute approximate surface area is 297 Å². The van der Waals surface area contributed by atoms with Gasteiger partial charge < -0.3 is 14.4 Å². The third-order valence-corrected chi connectivity index (χ3v) is 10.5. The molecule has 0 bridgehead atoms. The molecule has 2 aromatic heterocycles. The summed E-state index contributed by atoms with van der Waals surface area (Å²) in [6.07, 6.45) is 9.59. The van der Waals surface area contributed by atoms with Crippen molar-refractivity contribution >= 4 is 52.2 Å². The minimum atomic E-state index is 0.0507. The number of carbonyl (C=O) groups excluding carboxylic acids is 2. The molecule has 0 radical (unpaired) electrons. The number of likely N-dealkylation sites (tertiary alicyclic amines) is 1. The smallest absolute Gasteiger partial charge is 0.164 e. The number of piperidine rings is 1. The molecule has 0 saturated carbocycles. The van der Waals surface area contributed by atoms with E-state index in [0.717, 1.165) is 81.3 Å². The maximum Gasteiger partial charge on any atom is 0.164 e. The number of carbonyl (C=O) groups is 2. The van der Waals surface area contributed by atoms with Gasteiger partial charge in [-0.1, -0.05) is 41.7 Å². The Morgan fingerprint density at radius 2 is 1.44 bits per heavy atom. The van der Waals surface area contributed by atoms with Crippen LogP contribution < -0.4 is 4.90 Å². The number of hydrogen-bond acceptors (Lipinski definition) is 7. The monoisotopic (exact) mass is 706 g/mol. The zero-order valence-electron chi connectivity index (χ0n) is 27.2. The Morgan fingerprint density at radius 3 is 2.04 bits per heavy atom. The maximum absolute atomic E-state index is 12.7. The van der Waals surface area contributed by atoms with Crippen molar-refractivity contribution in [1.29, 1.82) is 0 Å². The highest BCUT2D eigenvalue weighted by Gasteiger charge is 2.34. The number of hydrogen-bond donors (Lipinski definition) is 0. The first-order valence-electron chi connectivity index (χ1n) is 16.8. The van der Waals surface area contributed by atoms with E-state index in [1.807, 2.05) is 35.2 Å². The lowest BCUT2D eigenvalue weighted by atomic mass is 9.97. The highest BCUT2D eigenvalue weighted by atomic mass is 35.5. The zero-order valence-corrected chi connectivity index (χ0v) is 29.5. The lowest BCUT2D eigenvalue weighted by Crippen LogP contribution is -2.58. The molecule has 2 aromatic carbocycles. The molecule has 0 spiro atoms. The fraction of sp³-hybridized carbons (Fsp3) is 0.405. The number of imidazole rings is 1. The van der Waals surface area contributed by atoms with Crippen LogP contribution in [0.5, 0.6) is 0 Å². The molecule has 0 aliphatic carbocycles. The van der Waals surface area contributed by atoms with Gasteiger partial charge in [0.2, 0.25) is 0 Å². The number of aromatic nitrogens is 3. The molecule has 0 amide bonds. The molecular weight excluding hydrogens is 667 g/mol. The van der Waals surface area contributed by atoms with E-state index in [2.05, 4.69) is 26.6 Å². The molecule has 1 atom stereocenters. The molecule has 4 aromatic rings. The Bertz CT molecular complexity index is 1700. The standard InChI is InChI=1S/C37H41Cl3N6O2/c1-2-31-25-45(21-22-46(31)32-11-16-43(17-12-32)18-13-34(47)26-3-7-29(38)8-4-26)37-33(40)23-28(24-42-37)36-41-15-20-44(36)19-14-35(48)27-5-9-30(39)10-6-27/h3-10,15,20,23-24,31-32H,2,11-14,16-19,21-22,25H2,1H3/t31-/m0/s1. The van der Waals surface area contributed by atoms with E-state index in [4.69, 9.17) is 39.8 Å². The van der Waals surface area contributed by atoms with Crippen LogP contribution in [0.1, 0.15) is 59.7 Å². The number of benzene rings is 2. The second-order valence-corrected chi connectivity index (χ2v) is 13.9. The number of piperazine rings is 1. The van der Waals surface area contributed by atoms with Crippen LogP contribution in [0.15, 0.2) is 73.2 Å². The lowest BCUT2D eigenvalue weighted by molar-refractivity contribution is 0.0618. The first kappa shape index (κ1) is 34.6. The van der Waals surface area contributed by atoms with Gasteiger partial charge in [0.1, 0.15) is 11.6 Å². The van der Waals surface area contributed by atoms with Crippen LogP contribution in [0, 0.1) is 0 Å². The van der Waals surface area contributed by atoms with Crippen LogP contribution in [0.3, 0.4) is 0 Å². The number of ketones is 2. The van der Waals surface area contributed by atoms with Gasteiger partial charge in [-0.15, -0.1) is 0 Å². The molecule has 11 heteroatoms. The topological polar surface area (TPSA) is 74.6 Å². The minimum absolute atomic E-state index is 0.0507. The molecule has 48 heavy (non-hydrogen) atoms.